The fraction of sp³-hybridized carbons (Fsp3) is 0.429. The molecule has 2 aromatic rings. The van der Waals surface area contributed by atoms with Crippen LogP contribution in [0.1, 0.15) is 58.9 Å². The van der Waals surface area contributed by atoms with Gasteiger partial charge < -0.3 is 14.4 Å². The van der Waals surface area contributed by atoms with Crippen LogP contribution in [0.3, 0.4) is 0 Å². The molecule has 3 heteroatoms. The summed E-state index contributed by atoms with van der Waals surface area (Å²) < 4.78 is 11.2. The summed E-state index contributed by atoms with van der Waals surface area (Å²) in [6.45, 7) is 9.07. The molecule has 0 saturated carbocycles. The molecule has 0 bridgehead atoms. The normalized spacial score (nSPS) is 18.6. The molecule has 1 unspecified atom stereocenters. The molecule has 3 nitrogen and oxygen atoms in total. The molecule has 0 radical (unpaired) electrons. The zero-order valence-corrected chi connectivity index (χ0v) is 19.9. The molecule has 0 spiro atoms. The van der Waals surface area contributed by atoms with E-state index >= 15 is 0 Å². The monoisotopic (exact) mass is 419 g/mol. The highest BCUT2D eigenvalue weighted by Gasteiger charge is 2.28. The van der Waals surface area contributed by atoms with Crippen molar-refractivity contribution < 1.29 is 9.47 Å². The molecule has 0 saturated heterocycles. The van der Waals surface area contributed by atoms with E-state index in [4.69, 9.17) is 9.47 Å². The molecule has 1 aliphatic rings. The number of hydrogen-bond donors (Lipinski definition) is 0. The van der Waals surface area contributed by atoms with Gasteiger partial charge in [-0.2, -0.15) is 0 Å². The summed E-state index contributed by atoms with van der Waals surface area (Å²) in [6.07, 6.45) is 10.8. The standard InChI is InChI=1S/C28H37NO2/c1-7-27(4,8-2)22-10-12-23(13-11-22)29(24-14-16-26(30-5)17-15-24)25-18-20-28(9-3,31-6)21-19-25/h10-20H,7-9,21H2,1-6H3. The summed E-state index contributed by atoms with van der Waals surface area (Å²) in [5.41, 5.74) is 4.83. The molecule has 2 aromatic carbocycles. The number of hydrogen-bond acceptors (Lipinski definition) is 3. The average Bonchev–Trinajstić information content (AvgIpc) is 2.85. The largest absolute Gasteiger partial charge is 0.497 e. The molecule has 166 valence electrons. The number of rotatable bonds is 9. The highest BCUT2D eigenvalue weighted by atomic mass is 16.5. The Morgan fingerprint density at radius 1 is 0.903 bits per heavy atom. The van der Waals surface area contributed by atoms with E-state index in [-0.39, 0.29) is 11.0 Å². The van der Waals surface area contributed by atoms with Crippen LogP contribution in [0.15, 0.2) is 72.5 Å². The first-order chi connectivity index (χ1) is 14.9. The Balaban J connectivity index is 2.01. The Labute approximate surface area is 188 Å². The second kappa shape index (κ2) is 9.74. The van der Waals surface area contributed by atoms with E-state index in [0.717, 1.165) is 48.5 Å². The Bertz CT molecular complexity index is 901. The smallest absolute Gasteiger partial charge is 0.119 e. The van der Waals surface area contributed by atoms with Gasteiger partial charge in [0.25, 0.3) is 0 Å². The number of methoxy groups -OCH3 is 2. The maximum absolute atomic E-state index is 5.81. The maximum Gasteiger partial charge on any atom is 0.119 e. The van der Waals surface area contributed by atoms with Crippen LogP contribution < -0.4 is 9.64 Å². The fourth-order valence-corrected chi connectivity index (χ4v) is 4.22. The van der Waals surface area contributed by atoms with Crippen LogP contribution in [-0.2, 0) is 10.2 Å². The van der Waals surface area contributed by atoms with Crippen LogP contribution in [0, 0.1) is 0 Å². The number of allylic oxidation sites excluding steroid dienone is 1. The Hall–Kier alpha value is -2.52. The van der Waals surface area contributed by atoms with Gasteiger partial charge in [-0.3, -0.25) is 0 Å². The second-order valence-electron chi connectivity index (χ2n) is 8.64. The van der Waals surface area contributed by atoms with Crippen LogP contribution in [0.2, 0.25) is 0 Å². The quantitative estimate of drug-likeness (QED) is 0.419. The third kappa shape index (κ3) is 4.72. The van der Waals surface area contributed by atoms with Crippen molar-refractivity contribution >= 4 is 11.4 Å². The van der Waals surface area contributed by atoms with Gasteiger partial charge in [-0.05, 0) is 72.7 Å². The van der Waals surface area contributed by atoms with Gasteiger partial charge in [-0.1, -0.05) is 52.0 Å². The molecule has 0 fully saturated rings. The molecule has 1 aliphatic carbocycles. The van der Waals surface area contributed by atoms with Crippen molar-refractivity contribution in [1.82, 2.24) is 0 Å². The lowest BCUT2D eigenvalue weighted by Crippen LogP contribution is -2.30. The molecule has 3 rings (SSSR count). The van der Waals surface area contributed by atoms with Crippen LogP contribution >= 0.6 is 0 Å². The lowest BCUT2D eigenvalue weighted by atomic mass is 9.78. The number of anilines is 2. The minimum Gasteiger partial charge on any atom is -0.497 e. The van der Waals surface area contributed by atoms with Gasteiger partial charge in [0.15, 0.2) is 0 Å². The summed E-state index contributed by atoms with van der Waals surface area (Å²) in [5.74, 6) is 0.859. The van der Waals surface area contributed by atoms with Crippen LogP contribution in [0.4, 0.5) is 11.4 Å². The maximum atomic E-state index is 5.81. The highest BCUT2D eigenvalue weighted by Crippen LogP contribution is 2.38. The minimum atomic E-state index is -0.205. The summed E-state index contributed by atoms with van der Waals surface area (Å²) >= 11 is 0. The summed E-state index contributed by atoms with van der Waals surface area (Å²) in [7, 11) is 3.50. The predicted octanol–water partition coefficient (Wildman–Crippen LogP) is 7.55. The first-order valence-corrected chi connectivity index (χ1v) is 11.4. The molecule has 1 atom stereocenters. The third-order valence-electron chi connectivity index (χ3n) is 7.19. The van der Waals surface area contributed by atoms with Gasteiger partial charge in [-0.15, -0.1) is 0 Å². The molecular formula is C28H37NO2. The van der Waals surface area contributed by atoms with Crippen molar-refractivity contribution in [1.29, 1.82) is 0 Å². The van der Waals surface area contributed by atoms with Crippen molar-refractivity contribution in [2.45, 2.75) is 64.4 Å². The molecule has 31 heavy (non-hydrogen) atoms. The van der Waals surface area contributed by atoms with E-state index in [1.165, 1.54) is 5.56 Å². The van der Waals surface area contributed by atoms with Gasteiger partial charge in [0.1, 0.15) is 5.75 Å². The van der Waals surface area contributed by atoms with Gasteiger partial charge >= 0.3 is 0 Å². The number of benzene rings is 2. The second-order valence-corrected chi connectivity index (χ2v) is 8.64. The van der Waals surface area contributed by atoms with Gasteiger partial charge in [0.05, 0.1) is 12.7 Å². The van der Waals surface area contributed by atoms with Gasteiger partial charge in [-0.25, -0.2) is 0 Å². The van der Waals surface area contributed by atoms with E-state index < -0.39 is 0 Å². The molecule has 0 N–H and O–H groups in total. The van der Waals surface area contributed by atoms with E-state index in [1.807, 2.05) is 12.1 Å². The van der Waals surface area contributed by atoms with Crippen LogP contribution in [-0.4, -0.2) is 19.8 Å². The van der Waals surface area contributed by atoms with E-state index in [1.54, 1.807) is 14.2 Å². The average molecular weight is 420 g/mol. The minimum absolute atomic E-state index is 0.205. The van der Waals surface area contributed by atoms with E-state index in [2.05, 4.69) is 87.2 Å². The molecule has 0 aromatic heterocycles. The van der Waals surface area contributed by atoms with E-state index in [0.29, 0.717) is 0 Å². The summed E-state index contributed by atoms with van der Waals surface area (Å²) in [6, 6.07) is 17.3. The Morgan fingerprint density at radius 2 is 1.48 bits per heavy atom. The third-order valence-corrected chi connectivity index (χ3v) is 7.19. The lowest BCUT2D eigenvalue weighted by Gasteiger charge is -2.34. The van der Waals surface area contributed by atoms with Crippen LogP contribution in [0.25, 0.3) is 0 Å². The summed E-state index contributed by atoms with van der Waals surface area (Å²) in [5, 5.41) is 0. The molecule has 0 heterocycles. The number of nitrogens with zero attached hydrogens (tertiary/aromatic N) is 1. The van der Waals surface area contributed by atoms with Gasteiger partial charge in [0, 0.05) is 30.6 Å². The highest BCUT2D eigenvalue weighted by molar-refractivity contribution is 5.71. The molecule has 0 aliphatic heterocycles. The SMILES string of the molecule is CCC1(OC)C=CC(N(c2ccc(OC)cc2)c2ccc(C(C)(CC)CC)cc2)=CC1. The summed E-state index contributed by atoms with van der Waals surface area (Å²) in [4.78, 5) is 2.31. The Kier molecular flexibility index (Phi) is 7.27. The lowest BCUT2D eigenvalue weighted by molar-refractivity contribution is 0.0304. The fourth-order valence-electron chi connectivity index (χ4n) is 4.22. The molecule has 0 amide bonds. The van der Waals surface area contributed by atoms with E-state index in [9.17, 15) is 0 Å². The first-order valence-electron chi connectivity index (χ1n) is 11.4. The van der Waals surface area contributed by atoms with Crippen molar-refractivity contribution in [2.75, 3.05) is 19.1 Å². The van der Waals surface area contributed by atoms with Crippen molar-refractivity contribution in [3.8, 4) is 5.75 Å². The molecular weight excluding hydrogens is 382 g/mol. The predicted molar refractivity (Wildman–Crippen MR) is 131 cm³/mol. The first kappa shape index (κ1) is 23.1. The van der Waals surface area contributed by atoms with Gasteiger partial charge in [0.2, 0.25) is 0 Å². The zero-order chi connectivity index (χ0) is 22.5. The van der Waals surface area contributed by atoms with Crippen molar-refractivity contribution in [3.05, 3.63) is 78.0 Å². The van der Waals surface area contributed by atoms with Crippen molar-refractivity contribution in [3.63, 3.8) is 0 Å². The zero-order valence-electron chi connectivity index (χ0n) is 19.9. The van der Waals surface area contributed by atoms with Crippen molar-refractivity contribution in [2.24, 2.45) is 0 Å². The Morgan fingerprint density at radius 3 is 1.90 bits per heavy atom. The van der Waals surface area contributed by atoms with Crippen LogP contribution in [0.5, 0.6) is 5.75 Å². The number of ether oxygens (including phenoxy) is 2. The topological polar surface area (TPSA) is 21.7 Å².